The summed E-state index contributed by atoms with van der Waals surface area (Å²) in [6, 6.07) is 2.07. The van der Waals surface area contributed by atoms with Crippen LogP contribution in [0.25, 0.3) is 0 Å². The Morgan fingerprint density at radius 3 is 2.39 bits per heavy atom. The van der Waals surface area contributed by atoms with Crippen molar-refractivity contribution in [3.63, 3.8) is 0 Å². The summed E-state index contributed by atoms with van der Waals surface area (Å²) in [5.41, 5.74) is 0.437. The summed E-state index contributed by atoms with van der Waals surface area (Å²) in [4.78, 5) is 43.9. The molecule has 1 aromatic heterocycles. The third kappa shape index (κ3) is 8.62. The van der Waals surface area contributed by atoms with Crippen molar-refractivity contribution in [2.75, 3.05) is 38.5 Å². The van der Waals surface area contributed by atoms with Gasteiger partial charge in [0.25, 0.3) is 5.91 Å². The Balaban J connectivity index is 1.52. The number of rotatable bonds is 12. The third-order valence-electron chi connectivity index (χ3n) is 9.03. The van der Waals surface area contributed by atoms with Crippen LogP contribution < -0.4 is 16.0 Å². The zero-order valence-corrected chi connectivity index (χ0v) is 26.7. The Kier molecular flexibility index (Phi) is 11.8. The number of hydrogen-bond donors (Lipinski definition) is 4. The Morgan fingerprint density at radius 1 is 1.11 bits per heavy atom. The van der Waals surface area contributed by atoms with Crippen LogP contribution in [0, 0.1) is 11.7 Å². The number of aliphatic hydroxyl groups excluding tert-OH is 1. The molecule has 4 N–H and O–H groups in total. The first kappa shape index (κ1) is 35.3. The van der Waals surface area contributed by atoms with Crippen LogP contribution in [0.4, 0.5) is 18.9 Å². The zero-order chi connectivity index (χ0) is 33.6. The lowest BCUT2D eigenvalue weighted by Gasteiger charge is -2.37. The van der Waals surface area contributed by atoms with E-state index in [1.807, 2.05) is 7.05 Å². The lowest BCUT2D eigenvalue weighted by atomic mass is 9.81. The molecule has 2 aromatic rings. The van der Waals surface area contributed by atoms with E-state index in [-0.39, 0.29) is 35.8 Å². The van der Waals surface area contributed by atoms with E-state index in [4.69, 9.17) is 0 Å². The zero-order valence-electron chi connectivity index (χ0n) is 26.7. The molecule has 12 nitrogen and oxygen atoms in total. The number of carbonyl (C=O) groups is 3. The number of aryl methyl sites for hydroxylation is 1. The summed E-state index contributed by atoms with van der Waals surface area (Å²) in [6.45, 7) is 7.77. The van der Waals surface area contributed by atoms with Crippen molar-refractivity contribution >= 4 is 23.4 Å². The van der Waals surface area contributed by atoms with Gasteiger partial charge in [0.2, 0.25) is 17.7 Å². The first-order chi connectivity index (χ1) is 21.8. The van der Waals surface area contributed by atoms with Crippen LogP contribution in [-0.4, -0.2) is 100 Å². The van der Waals surface area contributed by atoms with Gasteiger partial charge < -0.3 is 25.5 Å². The molecule has 1 aliphatic carbocycles. The van der Waals surface area contributed by atoms with Gasteiger partial charge in [-0.25, -0.2) is 17.8 Å². The standard InChI is InChI=1S/C31H44F3N7O5/c1-5-22-27(39-46-38-22)29(44)37-26(19-9-11-31(33,34)12-10-19)28(43)35-23-8-7-20(17-21(23)32)18(3)25(36-24(42)6-2)30(45)41-15-13-40(4)14-16-41/h7-8,17-19,24-26,36,42H,5-6,9-16H2,1-4H3,(H,35,43)(H,37,44)/t18-,24?,25+,26-/m0/s1. The molecule has 0 bridgehead atoms. The first-order valence-electron chi connectivity index (χ1n) is 15.8. The van der Waals surface area contributed by atoms with E-state index in [0.29, 0.717) is 44.6 Å². The maximum Gasteiger partial charge on any atom is 0.276 e. The number of benzene rings is 1. The van der Waals surface area contributed by atoms with Crippen molar-refractivity contribution in [2.24, 2.45) is 5.92 Å². The van der Waals surface area contributed by atoms with Gasteiger partial charge in [-0.05, 0) is 61.5 Å². The maximum absolute atomic E-state index is 15.6. The fraction of sp³-hybridized carbons (Fsp3) is 0.645. The summed E-state index contributed by atoms with van der Waals surface area (Å²) in [5.74, 6) is -6.55. The molecule has 2 fully saturated rings. The largest absolute Gasteiger partial charge is 0.379 e. The average Bonchev–Trinajstić information content (AvgIpc) is 3.52. The van der Waals surface area contributed by atoms with E-state index >= 15 is 4.39 Å². The highest BCUT2D eigenvalue weighted by Gasteiger charge is 2.41. The van der Waals surface area contributed by atoms with Gasteiger partial charge >= 0.3 is 0 Å². The molecular weight excluding hydrogens is 607 g/mol. The molecule has 4 rings (SSSR count). The molecular formula is C31H44F3N7O5. The molecule has 254 valence electrons. The summed E-state index contributed by atoms with van der Waals surface area (Å²) in [6.07, 6.45) is -1.19. The van der Waals surface area contributed by atoms with Gasteiger partial charge in [0.05, 0.1) is 11.7 Å². The summed E-state index contributed by atoms with van der Waals surface area (Å²) in [5, 5.41) is 25.7. The third-order valence-corrected chi connectivity index (χ3v) is 9.03. The minimum absolute atomic E-state index is 0.0265. The van der Waals surface area contributed by atoms with E-state index in [1.165, 1.54) is 12.1 Å². The van der Waals surface area contributed by atoms with Crippen molar-refractivity contribution in [3.8, 4) is 0 Å². The van der Waals surface area contributed by atoms with E-state index in [1.54, 1.807) is 31.7 Å². The number of anilines is 1. The smallest absolute Gasteiger partial charge is 0.276 e. The minimum Gasteiger partial charge on any atom is -0.379 e. The van der Waals surface area contributed by atoms with Crippen LogP contribution in [0.5, 0.6) is 0 Å². The molecule has 3 amide bonds. The molecule has 0 spiro atoms. The Labute approximate surface area is 266 Å². The molecule has 4 atom stereocenters. The quantitative estimate of drug-likeness (QED) is 0.254. The van der Waals surface area contributed by atoms with Crippen LogP contribution >= 0.6 is 0 Å². The van der Waals surface area contributed by atoms with Crippen molar-refractivity contribution in [1.82, 2.24) is 30.7 Å². The number of likely N-dealkylation sites (N-methyl/N-ethyl adjacent to an activating group) is 1. The molecule has 1 aromatic carbocycles. The van der Waals surface area contributed by atoms with Crippen molar-refractivity contribution in [1.29, 1.82) is 0 Å². The summed E-state index contributed by atoms with van der Waals surface area (Å²) < 4.78 is 48.1. The van der Waals surface area contributed by atoms with Gasteiger partial charge in [-0.15, -0.1) is 0 Å². The predicted octanol–water partition coefficient (Wildman–Crippen LogP) is 2.90. The Bertz CT molecular complexity index is 1360. The van der Waals surface area contributed by atoms with Crippen molar-refractivity contribution in [3.05, 3.63) is 41.0 Å². The molecule has 1 saturated carbocycles. The summed E-state index contributed by atoms with van der Waals surface area (Å²) in [7, 11) is 1.98. The monoisotopic (exact) mass is 651 g/mol. The highest BCUT2D eigenvalue weighted by Crippen LogP contribution is 2.38. The fourth-order valence-electron chi connectivity index (χ4n) is 5.91. The minimum atomic E-state index is -2.86. The molecule has 2 heterocycles. The molecule has 1 aliphatic heterocycles. The molecule has 1 saturated heterocycles. The number of aliphatic hydroxyl groups is 1. The number of nitrogens with one attached hydrogen (secondary N) is 3. The van der Waals surface area contributed by atoms with Gasteiger partial charge in [0, 0.05) is 44.9 Å². The van der Waals surface area contributed by atoms with Gasteiger partial charge in [-0.1, -0.05) is 32.0 Å². The van der Waals surface area contributed by atoms with Crippen LogP contribution in [0.2, 0.25) is 0 Å². The second kappa shape index (κ2) is 15.4. The highest BCUT2D eigenvalue weighted by atomic mass is 19.3. The van der Waals surface area contributed by atoms with E-state index in [2.05, 4.69) is 35.8 Å². The lowest BCUT2D eigenvalue weighted by molar-refractivity contribution is -0.136. The van der Waals surface area contributed by atoms with Gasteiger partial charge in [-0.3, -0.25) is 19.7 Å². The Hall–Kier alpha value is -3.56. The highest BCUT2D eigenvalue weighted by molar-refractivity contribution is 6.01. The average molecular weight is 652 g/mol. The number of halogens is 3. The number of amides is 3. The topological polar surface area (TPSA) is 153 Å². The molecule has 0 radical (unpaired) electrons. The van der Waals surface area contributed by atoms with E-state index in [0.717, 1.165) is 0 Å². The number of alkyl halides is 2. The second-order valence-corrected chi connectivity index (χ2v) is 12.3. The number of hydrogen-bond acceptors (Lipinski definition) is 9. The van der Waals surface area contributed by atoms with Crippen LogP contribution in [-0.2, 0) is 16.0 Å². The normalized spacial score (nSPS) is 20.0. The number of nitrogens with zero attached hydrogens (tertiary/aromatic N) is 4. The first-order valence-corrected chi connectivity index (χ1v) is 15.8. The van der Waals surface area contributed by atoms with E-state index in [9.17, 15) is 28.3 Å². The van der Waals surface area contributed by atoms with Crippen molar-refractivity contribution in [2.45, 2.75) is 89.4 Å². The van der Waals surface area contributed by atoms with Crippen LogP contribution in [0.3, 0.4) is 0 Å². The van der Waals surface area contributed by atoms with Crippen LogP contribution in [0.15, 0.2) is 22.8 Å². The summed E-state index contributed by atoms with van der Waals surface area (Å²) >= 11 is 0. The van der Waals surface area contributed by atoms with Gasteiger partial charge in [0.15, 0.2) is 5.69 Å². The lowest BCUT2D eigenvalue weighted by Crippen LogP contribution is -2.56. The fourth-order valence-corrected chi connectivity index (χ4v) is 5.91. The van der Waals surface area contributed by atoms with Gasteiger partial charge in [-0.2, -0.15) is 0 Å². The van der Waals surface area contributed by atoms with Crippen molar-refractivity contribution < 1.29 is 37.3 Å². The second-order valence-electron chi connectivity index (χ2n) is 12.3. The predicted molar refractivity (Wildman–Crippen MR) is 163 cm³/mol. The molecule has 15 heteroatoms. The van der Waals surface area contributed by atoms with E-state index < -0.39 is 66.5 Å². The Morgan fingerprint density at radius 2 is 1.78 bits per heavy atom. The number of piperazine rings is 1. The number of carbonyl (C=O) groups excluding carboxylic acids is 3. The molecule has 1 unspecified atom stereocenters. The number of aromatic nitrogens is 2. The SMILES string of the molecule is CCc1nonc1C(=O)N[C@H](C(=O)Nc1ccc([C@H](C)[C@@H](NC(O)CC)C(=O)N2CCN(C)CC2)cc1F)C1CCC(F)(F)CC1. The van der Waals surface area contributed by atoms with Crippen LogP contribution in [0.1, 0.15) is 80.5 Å². The maximum atomic E-state index is 15.6. The molecule has 2 aliphatic rings. The van der Waals surface area contributed by atoms with Gasteiger partial charge in [0.1, 0.15) is 23.8 Å². The molecule has 46 heavy (non-hydrogen) atoms.